The fraction of sp³-hybridized carbons (Fsp3) is 0.667. The molecule has 0 fully saturated rings. The molecule has 1 amide bonds. The predicted molar refractivity (Wildman–Crippen MR) is 69.4 cm³/mol. The minimum Gasteiger partial charge on any atom is -0.380 e. The van der Waals surface area contributed by atoms with Crippen LogP contribution >= 0.6 is 0 Å². The van der Waals surface area contributed by atoms with E-state index < -0.39 is 0 Å². The predicted octanol–water partition coefficient (Wildman–Crippen LogP) is 0.305. The fourth-order valence-corrected chi connectivity index (χ4v) is 1.55. The van der Waals surface area contributed by atoms with Gasteiger partial charge in [0.25, 0.3) is 5.91 Å². The van der Waals surface area contributed by atoms with Gasteiger partial charge < -0.3 is 15.8 Å². The fourth-order valence-electron chi connectivity index (χ4n) is 1.55. The first-order valence-corrected chi connectivity index (χ1v) is 6.13. The van der Waals surface area contributed by atoms with Gasteiger partial charge in [0, 0.05) is 25.9 Å². The van der Waals surface area contributed by atoms with E-state index in [1.807, 2.05) is 18.5 Å². The zero-order valence-electron chi connectivity index (χ0n) is 11.3. The Morgan fingerprint density at radius 2 is 2.39 bits per heavy atom. The second-order valence-electron chi connectivity index (χ2n) is 4.27. The van der Waals surface area contributed by atoms with Crippen LogP contribution in [-0.2, 0) is 11.3 Å². The number of nitrogens with one attached hydrogen (secondary N) is 1. The van der Waals surface area contributed by atoms with Crippen molar-refractivity contribution in [3.63, 3.8) is 0 Å². The molecular formula is C12H22N4O2. The molecule has 0 bridgehead atoms. The molecular weight excluding hydrogens is 232 g/mol. The molecule has 6 nitrogen and oxygen atoms in total. The van der Waals surface area contributed by atoms with E-state index >= 15 is 0 Å². The maximum atomic E-state index is 11.9. The first-order chi connectivity index (χ1) is 8.60. The summed E-state index contributed by atoms with van der Waals surface area (Å²) in [5.74, 6) is -0.115. The van der Waals surface area contributed by atoms with E-state index in [0.717, 1.165) is 18.7 Å². The summed E-state index contributed by atoms with van der Waals surface area (Å²) < 4.78 is 6.88. The van der Waals surface area contributed by atoms with Gasteiger partial charge in [0.05, 0.1) is 17.9 Å². The Morgan fingerprint density at radius 3 is 3.00 bits per heavy atom. The van der Waals surface area contributed by atoms with Gasteiger partial charge in [0.1, 0.15) is 0 Å². The Kier molecular flexibility index (Phi) is 5.80. The van der Waals surface area contributed by atoms with Crippen LogP contribution in [0.3, 0.4) is 0 Å². The summed E-state index contributed by atoms with van der Waals surface area (Å²) in [5, 5.41) is 7.01. The van der Waals surface area contributed by atoms with Crippen molar-refractivity contribution in [2.45, 2.75) is 32.9 Å². The quantitative estimate of drug-likeness (QED) is 0.733. The third-order valence-electron chi connectivity index (χ3n) is 2.87. The van der Waals surface area contributed by atoms with Crippen molar-refractivity contribution in [3.05, 3.63) is 17.5 Å². The minimum absolute atomic E-state index is 0.00143. The standard InChI is InChI=1S/C12H22N4O2/c1-9(18-3)7-14-12(17)11-8-15-16(10(11)2)6-4-5-13/h8-9H,4-7,13H2,1-3H3,(H,14,17). The number of carbonyl (C=O) groups is 1. The Balaban J connectivity index is 2.60. The Bertz CT molecular complexity index is 389. The molecule has 102 valence electrons. The number of nitrogens with two attached hydrogens (primary N) is 1. The molecule has 18 heavy (non-hydrogen) atoms. The van der Waals surface area contributed by atoms with Crippen molar-refractivity contribution >= 4 is 5.91 Å². The summed E-state index contributed by atoms with van der Waals surface area (Å²) >= 11 is 0. The number of nitrogens with zero attached hydrogens (tertiary/aromatic N) is 2. The van der Waals surface area contributed by atoms with Crippen LogP contribution in [0.4, 0.5) is 0 Å². The van der Waals surface area contributed by atoms with Gasteiger partial charge in [0.15, 0.2) is 0 Å². The number of carbonyl (C=O) groups excluding carboxylic acids is 1. The van der Waals surface area contributed by atoms with Gasteiger partial charge >= 0.3 is 0 Å². The second kappa shape index (κ2) is 7.13. The molecule has 0 saturated heterocycles. The number of methoxy groups -OCH3 is 1. The number of ether oxygens (including phenoxy) is 1. The van der Waals surface area contributed by atoms with Gasteiger partial charge in [-0.05, 0) is 26.8 Å². The van der Waals surface area contributed by atoms with Crippen LogP contribution in [0.1, 0.15) is 29.4 Å². The van der Waals surface area contributed by atoms with Gasteiger partial charge in [-0.25, -0.2) is 0 Å². The van der Waals surface area contributed by atoms with Crippen molar-refractivity contribution < 1.29 is 9.53 Å². The van der Waals surface area contributed by atoms with Crippen molar-refractivity contribution in [1.29, 1.82) is 0 Å². The SMILES string of the molecule is COC(C)CNC(=O)c1cnn(CCCN)c1C. The second-order valence-corrected chi connectivity index (χ2v) is 4.27. The van der Waals surface area contributed by atoms with E-state index in [9.17, 15) is 4.79 Å². The van der Waals surface area contributed by atoms with Gasteiger partial charge in [-0.15, -0.1) is 0 Å². The summed E-state index contributed by atoms with van der Waals surface area (Å²) in [6, 6.07) is 0. The summed E-state index contributed by atoms with van der Waals surface area (Å²) in [7, 11) is 1.62. The number of aromatic nitrogens is 2. The molecule has 1 aromatic heterocycles. The number of hydrogen-bond acceptors (Lipinski definition) is 4. The highest BCUT2D eigenvalue weighted by molar-refractivity contribution is 5.95. The molecule has 0 aliphatic heterocycles. The largest absolute Gasteiger partial charge is 0.380 e. The lowest BCUT2D eigenvalue weighted by Crippen LogP contribution is -2.31. The Hall–Kier alpha value is -1.40. The Labute approximate surface area is 107 Å². The van der Waals surface area contributed by atoms with E-state index in [2.05, 4.69) is 10.4 Å². The average Bonchev–Trinajstić information content (AvgIpc) is 2.74. The van der Waals surface area contributed by atoms with Crippen LogP contribution in [0, 0.1) is 6.92 Å². The maximum absolute atomic E-state index is 11.9. The van der Waals surface area contributed by atoms with Gasteiger partial charge in [-0.1, -0.05) is 0 Å². The van der Waals surface area contributed by atoms with Crippen LogP contribution in [0.2, 0.25) is 0 Å². The molecule has 6 heteroatoms. The highest BCUT2D eigenvalue weighted by Gasteiger charge is 2.14. The zero-order chi connectivity index (χ0) is 13.5. The lowest BCUT2D eigenvalue weighted by molar-refractivity contribution is 0.0869. The minimum atomic E-state index is -0.115. The Morgan fingerprint density at radius 1 is 1.67 bits per heavy atom. The van der Waals surface area contributed by atoms with E-state index in [4.69, 9.17) is 10.5 Å². The van der Waals surface area contributed by atoms with E-state index in [-0.39, 0.29) is 12.0 Å². The lowest BCUT2D eigenvalue weighted by Gasteiger charge is -2.10. The molecule has 0 spiro atoms. The molecule has 1 heterocycles. The molecule has 1 unspecified atom stereocenters. The third kappa shape index (κ3) is 3.82. The molecule has 0 saturated carbocycles. The summed E-state index contributed by atoms with van der Waals surface area (Å²) in [5.41, 5.74) is 6.93. The van der Waals surface area contributed by atoms with Gasteiger partial charge in [-0.2, -0.15) is 5.10 Å². The number of amides is 1. The van der Waals surface area contributed by atoms with Crippen LogP contribution in [-0.4, -0.2) is 42.0 Å². The van der Waals surface area contributed by atoms with Crippen LogP contribution in [0.5, 0.6) is 0 Å². The van der Waals surface area contributed by atoms with Gasteiger partial charge in [-0.3, -0.25) is 9.48 Å². The molecule has 3 N–H and O–H groups in total. The van der Waals surface area contributed by atoms with Crippen molar-refractivity contribution in [1.82, 2.24) is 15.1 Å². The number of rotatable bonds is 7. The number of hydrogen-bond donors (Lipinski definition) is 2. The molecule has 0 aliphatic rings. The monoisotopic (exact) mass is 254 g/mol. The zero-order valence-corrected chi connectivity index (χ0v) is 11.3. The van der Waals surface area contributed by atoms with Gasteiger partial charge in [0.2, 0.25) is 0 Å². The molecule has 0 aromatic carbocycles. The lowest BCUT2D eigenvalue weighted by atomic mass is 10.2. The molecule has 0 aliphatic carbocycles. The maximum Gasteiger partial charge on any atom is 0.254 e. The first-order valence-electron chi connectivity index (χ1n) is 6.13. The number of aryl methyl sites for hydroxylation is 1. The van der Waals surface area contributed by atoms with E-state index in [1.54, 1.807) is 13.3 Å². The summed E-state index contributed by atoms with van der Waals surface area (Å²) in [6.45, 7) is 5.63. The van der Waals surface area contributed by atoms with Crippen molar-refractivity contribution in [2.24, 2.45) is 5.73 Å². The third-order valence-corrected chi connectivity index (χ3v) is 2.87. The summed E-state index contributed by atoms with van der Waals surface area (Å²) in [6.07, 6.45) is 2.45. The molecule has 1 atom stereocenters. The van der Waals surface area contributed by atoms with Crippen LogP contribution in [0.15, 0.2) is 6.20 Å². The highest BCUT2D eigenvalue weighted by atomic mass is 16.5. The van der Waals surface area contributed by atoms with Crippen molar-refractivity contribution in [2.75, 3.05) is 20.2 Å². The average molecular weight is 254 g/mol. The topological polar surface area (TPSA) is 82.2 Å². The van der Waals surface area contributed by atoms with Crippen molar-refractivity contribution in [3.8, 4) is 0 Å². The highest BCUT2D eigenvalue weighted by Crippen LogP contribution is 2.07. The summed E-state index contributed by atoms with van der Waals surface area (Å²) in [4.78, 5) is 11.9. The molecule has 1 rings (SSSR count). The van der Waals surface area contributed by atoms with Crippen LogP contribution in [0.25, 0.3) is 0 Å². The normalized spacial score (nSPS) is 12.4. The smallest absolute Gasteiger partial charge is 0.254 e. The molecule has 1 aromatic rings. The van der Waals surface area contributed by atoms with Crippen LogP contribution < -0.4 is 11.1 Å². The first kappa shape index (κ1) is 14.7. The van der Waals surface area contributed by atoms with E-state index in [1.165, 1.54) is 0 Å². The van der Waals surface area contributed by atoms with E-state index in [0.29, 0.717) is 18.7 Å². The molecule has 0 radical (unpaired) electrons.